The molecule has 0 unspecified atom stereocenters. The number of hydrogen-bond acceptors (Lipinski definition) is 3. The highest BCUT2D eigenvalue weighted by atomic mass is 16.2. The van der Waals surface area contributed by atoms with Crippen LogP contribution in [0, 0.1) is 0 Å². The molecule has 2 aliphatic heterocycles. The highest BCUT2D eigenvalue weighted by Crippen LogP contribution is 2.30. The van der Waals surface area contributed by atoms with Gasteiger partial charge in [-0.2, -0.15) is 0 Å². The third kappa shape index (κ3) is 2.16. The van der Waals surface area contributed by atoms with Gasteiger partial charge in [-0.15, -0.1) is 0 Å². The fourth-order valence-corrected chi connectivity index (χ4v) is 2.83. The summed E-state index contributed by atoms with van der Waals surface area (Å²) in [6.45, 7) is 0.710. The van der Waals surface area contributed by atoms with E-state index in [2.05, 4.69) is 5.32 Å². The van der Waals surface area contributed by atoms with Crippen molar-refractivity contribution >= 4 is 23.2 Å². The second-order valence-electron chi connectivity index (χ2n) is 5.14. The number of carbonyl (C=O) groups is 2. The maximum Gasteiger partial charge on any atom is 0.249 e. The van der Waals surface area contributed by atoms with Gasteiger partial charge in [0, 0.05) is 24.3 Å². The molecule has 0 aliphatic carbocycles. The number of nitrogens with zero attached hydrogens (tertiary/aromatic N) is 1. The summed E-state index contributed by atoms with van der Waals surface area (Å²) in [5.41, 5.74) is 8.56. The van der Waals surface area contributed by atoms with Crippen molar-refractivity contribution in [1.29, 1.82) is 0 Å². The Hall–Kier alpha value is -2.04. The molecule has 1 saturated heterocycles. The molecule has 2 amide bonds. The van der Waals surface area contributed by atoms with Gasteiger partial charge in [0.2, 0.25) is 11.8 Å². The van der Waals surface area contributed by atoms with Crippen LogP contribution in [0.4, 0.5) is 11.4 Å². The van der Waals surface area contributed by atoms with Gasteiger partial charge < -0.3 is 16.0 Å². The molecule has 0 bridgehead atoms. The van der Waals surface area contributed by atoms with Gasteiger partial charge in [-0.25, -0.2) is 0 Å². The van der Waals surface area contributed by atoms with Crippen molar-refractivity contribution in [3.63, 3.8) is 0 Å². The van der Waals surface area contributed by atoms with Crippen LogP contribution in [-0.4, -0.2) is 24.4 Å². The molecule has 1 fully saturated rings. The number of anilines is 2. The van der Waals surface area contributed by atoms with Crippen molar-refractivity contribution in [2.24, 2.45) is 0 Å². The maximum absolute atomic E-state index is 12.5. The average Bonchev–Trinajstić information content (AvgIpc) is 2.83. The van der Waals surface area contributed by atoms with Crippen molar-refractivity contribution in [3.8, 4) is 0 Å². The van der Waals surface area contributed by atoms with Gasteiger partial charge >= 0.3 is 0 Å². The quantitative estimate of drug-likeness (QED) is 0.733. The fourth-order valence-electron chi connectivity index (χ4n) is 2.83. The number of nitrogen functional groups attached to an aromatic ring is 1. The molecule has 0 saturated carbocycles. The molecule has 5 heteroatoms. The number of nitrogens with one attached hydrogen (secondary N) is 1. The summed E-state index contributed by atoms with van der Waals surface area (Å²) in [5, 5.41) is 2.74. The van der Waals surface area contributed by atoms with Crippen LogP contribution in [0.1, 0.15) is 24.8 Å². The van der Waals surface area contributed by atoms with Crippen LogP contribution in [0.5, 0.6) is 0 Å². The Kier molecular flexibility index (Phi) is 2.89. The van der Waals surface area contributed by atoms with Crippen molar-refractivity contribution in [3.05, 3.63) is 23.8 Å². The Morgan fingerprint density at radius 2 is 2.21 bits per heavy atom. The summed E-state index contributed by atoms with van der Waals surface area (Å²) in [6.07, 6.45) is 2.92. The minimum absolute atomic E-state index is 0.00317. The van der Waals surface area contributed by atoms with E-state index in [0.29, 0.717) is 19.4 Å². The van der Waals surface area contributed by atoms with Gasteiger partial charge in [-0.05, 0) is 43.0 Å². The maximum atomic E-state index is 12.5. The number of amides is 2. The lowest BCUT2D eigenvalue weighted by molar-refractivity contribution is -0.124. The normalized spacial score (nSPS) is 22.0. The Morgan fingerprint density at radius 1 is 1.37 bits per heavy atom. The monoisotopic (exact) mass is 259 g/mol. The van der Waals surface area contributed by atoms with Crippen molar-refractivity contribution in [2.75, 3.05) is 17.2 Å². The van der Waals surface area contributed by atoms with Crippen LogP contribution in [0.3, 0.4) is 0 Å². The highest BCUT2D eigenvalue weighted by Gasteiger charge is 2.33. The summed E-state index contributed by atoms with van der Waals surface area (Å²) < 4.78 is 0. The number of benzene rings is 1. The largest absolute Gasteiger partial charge is 0.399 e. The molecule has 0 spiro atoms. The van der Waals surface area contributed by atoms with E-state index >= 15 is 0 Å². The van der Waals surface area contributed by atoms with E-state index in [0.717, 1.165) is 29.8 Å². The Labute approximate surface area is 111 Å². The van der Waals surface area contributed by atoms with Crippen LogP contribution in [-0.2, 0) is 16.0 Å². The van der Waals surface area contributed by atoms with Crippen molar-refractivity contribution < 1.29 is 9.59 Å². The smallest absolute Gasteiger partial charge is 0.249 e. The van der Waals surface area contributed by atoms with Crippen molar-refractivity contribution in [2.45, 2.75) is 31.7 Å². The van der Waals surface area contributed by atoms with Crippen LogP contribution >= 0.6 is 0 Å². The van der Waals surface area contributed by atoms with E-state index in [1.807, 2.05) is 18.2 Å². The third-order valence-electron chi connectivity index (χ3n) is 3.78. The molecule has 2 aliphatic rings. The summed E-state index contributed by atoms with van der Waals surface area (Å²) in [7, 11) is 0. The topological polar surface area (TPSA) is 75.4 Å². The average molecular weight is 259 g/mol. The predicted octanol–water partition coefficient (Wildman–Crippen LogP) is 0.827. The minimum atomic E-state index is -0.365. The Balaban J connectivity index is 1.87. The number of hydrogen-bond donors (Lipinski definition) is 2. The molecule has 1 aromatic carbocycles. The summed E-state index contributed by atoms with van der Waals surface area (Å²) in [6, 6.07) is 5.29. The Morgan fingerprint density at radius 3 is 2.95 bits per heavy atom. The Bertz CT molecular complexity index is 541. The van der Waals surface area contributed by atoms with Gasteiger partial charge in [0.25, 0.3) is 0 Å². The van der Waals surface area contributed by atoms with Crippen molar-refractivity contribution in [1.82, 2.24) is 5.32 Å². The van der Waals surface area contributed by atoms with Gasteiger partial charge in [-0.1, -0.05) is 0 Å². The second-order valence-corrected chi connectivity index (χ2v) is 5.14. The molecule has 3 N–H and O–H groups in total. The first-order valence-corrected chi connectivity index (χ1v) is 6.64. The molecule has 1 aromatic rings. The first-order chi connectivity index (χ1) is 9.15. The number of rotatable bonds is 1. The van der Waals surface area contributed by atoms with E-state index in [1.54, 1.807) is 4.90 Å². The van der Waals surface area contributed by atoms with E-state index in [4.69, 9.17) is 5.73 Å². The first-order valence-electron chi connectivity index (χ1n) is 6.64. The minimum Gasteiger partial charge on any atom is -0.399 e. The number of aryl methyl sites for hydroxylation is 1. The SMILES string of the molecule is Nc1ccc2c(c1)CCCN2C(=O)[C@@H]1CCC(=O)N1. The zero-order chi connectivity index (χ0) is 13.4. The molecule has 19 heavy (non-hydrogen) atoms. The lowest BCUT2D eigenvalue weighted by Crippen LogP contribution is -2.46. The van der Waals surface area contributed by atoms with Gasteiger partial charge in [0.15, 0.2) is 0 Å². The second kappa shape index (κ2) is 4.57. The van der Waals surface area contributed by atoms with E-state index in [-0.39, 0.29) is 17.9 Å². The zero-order valence-corrected chi connectivity index (χ0v) is 10.7. The third-order valence-corrected chi connectivity index (χ3v) is 3.78. The van der Waals surface area contributed by atoms with Gasteiger partial charge in [0.05, 0.1) is 0 Å². The molecule has 1 atom stereocenters. The zero-order valence-electron chi connectivity index (χ0n) is 10.7. The van der Waals surface area contributed by atoms with Crippen LogP contribution in [0.2, 0.25) is 0 Å². The summed E-state index contributed by atoms with van der Waals surface area (Å²) >= 11 is 0. The summed E-state index contributed by atoms with van der Waals surface area (Å²) in [5.74, 6) is -0.0375. The van der Waals surface area contributed by atoms with Crippen LogP contribution in [0.25, 0.3) is 0 Å². The van der Waals surface area contributed by atoms with E-state index < -0.39 is 0 Å². The molecule has 3 rings (SSSR count). The molecular formula is C14H17N3O2. The van der Waals surface area contributed by atoms with E-state index in [1.165, 1.54) is 0 Å². The standard InChI is InChI=1S/C14H17N3O2/c15-10-3-5-12-9(8-10)2-1-7-17(12)14(19)11-4-6-13(18)16-11/h3,5,8,11H,1-2,4,6-7,15H2,(H,16,18)/t11-/m0/s1. The van der Waals surface area contributed by atoms with Gasteiger partial charge in [-0.3, -0.25) is 9.59 Å². The lowest BCUT2D eigenvalue weighted by atomic mass is 10.00. The number of carbonyl (C=O) groups excluding carboxylic acids is 2. The molecule has 0 radical (unpaired) electrons. The fraction of sp³-hybridized carbons (Fsp3) is 0.429. The molecular weight excluding hydrogens is 242 g/mol. The summed E-state index contributed by atoms with van der Waals surface area (Å²) in [4.78, 5) is 25.5. The molecule has 0 aromatic heterocycles. The van der Waals surface area contributed by atoms with E-state index in [9.17, 15) is 9.59 Å². The predicted molar refractivity (Wildman–Crippen MR) is 72.7 cm³/mol. The van der Waals surface area contributed by atoms with Gasteiger partial charge in [0.1, 0.15) is 6.04 Å². The number of nitrogens with two attached hydrogens (primary N) is 1. The molecule has 2 heterocycles. The molecule has 100 valence electrons. The lowest BCUT2D eigenvalue weighted by Gasteiger charge is -2.31. The first kappa shape index (κ1) is 12.0. The molecule has 5 nitrogen and oxygen atoms in total. The van der Waals surface area contributed by atoms with Crippen LogP contribution < -0.4 is 16.0 Å². The van der Waals surface area contributed by atoms with Crippen LogP contribution in [0.15, 0.2) is 18.2 Å². The number of fused-ring (bicyclic) bond motifs is 1. The highest BCUT2D eigenvalue weighted by molar-refractivity contribution is 6.01.